The number of hydrogen-bond donors (Lipinski definition) is 0. The molecule has 0 saturated heterocycles. The molecule has 0 radical (unpaired) electrons. The van der Waals surface area contributed by atoms with Crippen LogP contribution in [0.25, 0.3) is 11.4 Å². The Balaban J connectivity index is 2.22. The predicted octanol–water partition coefficient (Wildman–Crippen LogP) is 0.333. The number of benzene rings is 1. The summed E-state index contributed by atoms with van der Waals surface area (Å²) in [7, 11) is 3.39. The van der Waals surface area contributed by atoms with E-state index in [-0.39, 0.29) is 5.75 Å². The van der Waals surface area contributed by atoms with E-state index in [2.05, 4.69) is 10.2 Å². The van der Waals surface area contributed by atoms with E-state index in [9.17, 15) is 9.90 Å². The lowest BCUT2D eigenvalue weighted by Gasteiger charge is -2.05. The maximum atomic E-state index is 10.4. The van der Waals surface area contributed by atoms with E-state index in [1.807, 2.05) is 24.3 Å². The van der Waals surface area contributed by atoms with Crippen LogP contribution in [0.15, 0.2) is 29.4 Å². The van der Waals surface area contributed by atoms with Gasteiger partial charge in [0.2, 0.25) is 0 Å². The molecule has 0 aliphatic carbocycles. The van der Waals surface area contributed by atoms with E-state index in [0.717, 1.165) is 23.1 Å². The van der Waals surface area contributed by atoms with Crippen LogP contribution in [0.4, 0.5) is 0 Å². The van der Waals surface area contributed by atoms with Gasteiger partial charge >= 0.3 is 0 Å². The maximum Gasteiger partial charge on any atom is 0.191 e. The minimum absolute atomic E-state index is 0.144. The van der Waals surface area contributed by atoms with Crippen molar-refractivity contribution in [3.05, 3.63) is 24.3 Å². The number of carbonyl (C=O) groups is 1. The molecule has 0 aliphatic heterocycles. The Hall–Kier alpha value is -2.02. The van der Waals surface area contributed by atoms with E-state index < -0.39 is 5.97 Å². The minimum Gasteiger partial charge on any atom is -0.549 e. The third-order valence-electron chi connectivity index (χ3n) is 2.50. The summed E-state index contributed by atoms with van der Waals surface area (Å²) >= 11 is 1.08. The summed E-state index contributed by atoms with van der Waals surface area (Å²) in [6.45, 7) is 0. The lowest BCUT2D eigenvalue weighted by Crippen LogP contribution is -2.24. The Bertz CT molecular complexity index is 580. The van der Waals surface area contributed by atoms with Crippen molar-refractivity contribution in [3.8, 4) is 17.1 Å². The highest BCUT2D eigenvalue weighted by molar-refractivity contribution is 7.99. The van der Waals surface area contributed by atoms with E-state index in [0.29, 0.717) is 11.0 Å². The molecule has 0 N–H and O–H groups in total. The van der Waals surface area contributed by atoms with Gasteiger partial charge < -0.3 is 19.2 Å². The quantitative estimate of drug-likeness (QED) is 0.733. The monoisotopic (exact) mass is 278 g/mol. The van der Waals surface area contributed by atoms with E-state index in [4.69, 9.17) is 4.74 Å². The first-order valence-electron chi connectivity index (χ1n) is 5.48. The summed E-state index contributed by atoms with van der Waals surface area (Å²) in [4.78, 5) is 10.4. The molecule has 100 valence electrons. The maximum absolute atomic E-state index is 10.4. The Kier molecular flexibility index (Phi) is 4.06. The van der Waals surface area contributed by atoms with Gasteiger partial charge in [-0.25, -0.2) is 0 Å². The van der Waals surface area contributed by atoms with Gasteiger partial charge in [-0.15, -0.1) is 10.2 Å². The van der Waals surface area contributed by atoms with Crippen molar-refractivity contribution < 1.29 is 14.6 Å². The van der Waals surface area contributed by atoms with E-state index >= 15 is 0 Å². The number of aromatic nitrogens is 3. The third kappa shape index (κ3) is 3.05. The SMILES string of the molecule is COc1ccc(-c2nnc(SCC(=O)[O-])n2C)cc1. The highest BCUT2D eigenvalue weighted by atomic mass is 32.2. The molecule has 0 fully saturated rings. The number of carboxylic acid groups (broad SMARTS) is 1. The topological polar surface area (TPSA) is 80.1 Å². The smallest absolute Gasteiger partial charge is 0.191 e. The molecule has 0 unspecified atom stereocenters. The van der Waals surface area contributed by atoms with Gasteiger partial charge in [0.25, 0.3) is 0 Å². The van der Waals surface area contributed by atoms with E-state index in [1.54, 1.807) is 18.7 Å². The second kappa shape index (κ2) is 5.75. The van der Waals surface area contributed by atoms with Gasteiger partial charge in [0, 0.05) is 18.4 Å². The van der Waals surface area contributed by atoms with Crippen LogP contribution in [-0.4, -0.2) is 33.6 Å². The van der Waals surface area contributed by atoms with Gasteiger partial charge in [0.15, 0.2) is 11.0 Å². The van der Waals surface area contributed by atoms with Crippen LogP contribution in [-0.2, 0) is 11.8 Å². The average molecular weight is 278 g/mol. The molecule has 1 aromatic carbocycles. The van der Waals surface area contributed by atoms with Crippen LogP contribution in [0.2, 0.25) is 0 Å². The van der Waals surface area contributed by atoms with Crippen molar-refractivity contribution in [3.63, 3.8) is 0 Å². The molecule has 6 nitrogen and oxygen atoms in total. The second-order valence-corrected chi connectivity index (χ2v) is 4.70. The predicted molar refractivity (Wildman–Crippen MR) is 68.7 cm³/mol. The lowest BCUT2D eigenvalue weighted by atomic mass is 10.2. The van der Waals surface area contributed by atoms with E-state index in [1.165, 1.54) is 0 Å². The standard InChI is InChI=1S/C12H13N3O3S/c1-15-11(8-3-5-9(18-2)6-4-8)13-14-12(15)19-7-10(16)17/h3-6H,7H2,1-2H3,(H,16,17)/p-1. The summed E-state index contributed by atoms with van der Waals surface area (Å²) in [6, 6.07) is 7.40. The fraction of sp³-hybridized carbons (Fsp3) is 0.250. The van der Waals surface area contributed by atoms with Crippen LogP contribution in [0.5, 0.6) is 5.75 Å². The first-order valence-corrected chi connectivity index (χ1v) is 6.47. The fourth-order valence-electron chi connectivity index (χ4n) is 1.56. The summed E-state index contributed by atoms with van der Waals surface area (Å²) in [5.41, 5.74) is 0.885. The highest BCUT2D eigenvalue weighted by Gasteiger charge is 2.11. The molecule has 0 saturated carbocycles. The van der Waals surface area contributed by atoms with Crippen molar-refractivity contribution in [1.82, 2.24) is 14.8 Å². The average Bonchev–Trinajstić information content (AvgIpc) is 2.78. The highest BCUT2D eigenvalue weighted by Crippen LogP contribution is 2.24. The van der Waals surface area contributed by atoms with Crippen LogP contribution in [0, 0.1) is 0 Å². The molecule has 2 rings (SSSR count). The molecule has 19 heavy (non-hydrogen) atoms. The number of thioether (sulfide) groups is 1. The van der Waals surface area contributed by atoms with Gasteiger partial charge in [-0.1, -0.05) is 11.8 Å². The van der Waals surface area contributed by atoms with Gasteiger partial charge in [0.05, 0.1) is 13.1 Å². The van der Waals surface area contributed by atoms with Crippen LogP contribution < -0.4 is 9.84 Å². The third-order valence-corrected chi connectivity index (χ3v) is 3.50. The summed E-state index contributed by atoms with van der Waals surface area (Å²) in [5, 5.41) is 19.0. The number of rotatable bonds is 5. The van der Waals surface area contributed by atoms with Gasteiger partial charge in [-0.3, -0.25) is 0 Å². The first kappa shape index (κ1) is 13.4. The van der Waals surface area contributed by atoms with Crippen molar-refractivity contribution in [2.24, 2.45) is 7.05 Å². The molecule has 0 atom stereocenters. The number of aliphatic carboxylic acids is 1. The molecular weight excluding hydrogens is 266 g/mol. The molecule has 0 aliphatic rings. The second-order valence-electron chi connectivity index (χ2n) is 3.75. The zero-order valence-electron chi connectivity index (χ0n) is 10.5. The normalized spacial score (nSPS) is 10.4. The van der Waals surface area contributed by atoms with Gasteiger partial charge in [-0.05, 0) is 24.3 Å². The lowest BCUT2D eigenvalue weighted by molar-refractivity contribution is -0.301. The molecule has 1 aromatic heterocycles. The molecule has 0 spiro atoms. The van der Waals surface area contributed by atoms with Crippen LogP contribution >= 0.6 is 11.8 Å². The van der Waals surface area contributed by atoms with Gasteiger partial charge in [-0.2, -0.15) is 0 Å². The summed E-state index contributed by atoms with van der Waals surface area (Å²) < 4.78 is 6.83. The Morgan fingerprint density at radius 1 is 1.37 bits per heavy atom. The molecule has 0 amide bonds. The molecule has 2 aromatic rings. The van der Waals surface area contributed by atoms with Crippen molar-refractivity contribution >= 4 is 17.7 Å². The molecule has 7 heteroatoms. The molecular formula is C12H12N3O3S-. The van der Waals surface area contributed by atoms with Gasteiger partial charge in [0.1, 0.15) is 5.75 Å². The number of ether oxygens (including phenoxy) is 1. The molecule has 1 heterocycles. The first-order chi connectivity index (χ1) is 9.11. The minimum atomic E-state index is -1.13. The number of methoxy groups -OCH3 is 1. The summed E-state index contributed by atoms with van der Waals surface area (Å²) in [5.74, 6) is 0.161. The van der Waals surface area contributed by atoms with Crippen LogP contribution in [0.1, 0.15) is 0 Å². The van der Waals surface area contributed by atoms with Crippen molar-refractivity contribution in [2.75, 3.05) is 12.9 Å². The zero-order chi connectivity index (χ0) is 13.8. The summed E-state index contributed by atoms with van der Waals surface area (Å²) in [6.07, 6.45) is 0. The van der Waals surface area contributed by atoms with Crippen molar-refractivity contribution in [2.45, 2.75) is 5.16 Å². The van der Waals surface area contributed by atoms with Crippen LogP contribution in [0.3, 0.4) is 0 Å². The molecule has 0 bridgehead atoms. The Labute approximate surface area is 114 Å². The number of carbonyl (C=O) groups excluding carboxylic acids is 1. The largest absolute Gasteiger partial charge is 0.549 e. The number of nitrogens with zero attached hydrogens (tertiary/aromatic N) is 3. The fourth-order valence-corrected chi connectivity index (χ4v) is 2.18. The number of carboxylic acids is 1. The Morgan fingerprint density at radius 2 is 2.05 bits per heavy atom. The Morgan fingerprint density at radius 3 is 2.63 bits per heavy atom. The number of hydrogen-bond acceptors (Lipinski definition) is 6. The zero-order valence-corrected chi connectivity index (χ0v) is 11.3. The van der Waals surface area contributed by atoms with Crippen molar-refractivity contribution in [1.29, 1.82) is 0 Å².